The van der Waals surface area contributed by atoms with Crippen LogP contribution in [0.5, 0.6) is 5.75 Å². The molecule has 1 aromatic heterocycles. The van der Waals surface area contributed by atoms with Crippen molar-refractivity contribution in [3.63, 3.8) is 0 Å². The average Bonchev–Trinajstić information content (AvgIpc) is 2.72. The molecule has 1 fully saturated rings. The number of amides is 1. The number of nitrogens with zero attached hydrogens (tertiary/aromatic N) is 4. The molecule has 1 saturated heterocycles. The van der Waals surface area contributed by atoms with E-state index >= 15 is 0 Å². The lowest BCUT2D eigenvalue weighted by Crippen LogP contribution is -2.49. The Morgan fingerprint density at radius 3 is 2.62 bits per heavy atom. The zero-order chi connectivity index (χ0) is 18.4. The van der Waals surface area contributed by atoms with Crippen LogP contribution in [-0.2, 0) is 4.79 Å². The Hall–Kier alpha value is -2.72. The minimum absolute atomic E-state index is 0.131. The number of hydrogen-bond donors (Lipinski definition) is 0. The van der Waals surface area contributed by atoms with Crippen molar-refractivity contribution in [1.29, 1.82) is 5.26 Å². The van der Waals surface area contributed by atoms with E-state index in [2.05, 4.69) is 16.0 Å². The van der Waals surface area contributed by atoms with Crippen LogP contribution < -0.4 is 9.64 Å². The quantitative estimate of drug-likeness (QED) is 0.755. The topological polar surface area (TPSA) is 69.5 Å². The number of anilines is 1. The first-order valence-electron chi connectivity index (χ1n) is 8.36. The highest BCUT2D eigenvalue weighted by Gasteiger charge is 2.23. The molecule has 0 saturated carbocycles. The van der Waals surface area contributed by atoms with Crippen LogP contribution in [0.3, 0.4) is 0 Å². The molecule has 0 N–H and O–H groups in total. The second-order valence-electron chi connectivity index (χ2n) is 5.82. The summed E-state index contributed by atoms with van der Waals surface area (Å²) in [4.78, 5) is 21.8. The zero-order valence-corrected chi connectivity index (χ0v) is 15.4. The number of methoxy groups -OCH3 is 1. The molecule has 1 aromatic carbocycles. The summed E-state index contributed by atoms with van der Waals surface area (Å²) in [6.07, 6.45) is 1.69. The predicted molar refractivity (Wildman–Crippen MR) is 101 cm³/mol. The van der Waals surface area contributed by atoms with Gasteiger partial charge in [-0.1, -0.05) is 0 Å². The number of benzene rings is 1. The van der Waals surface area contributed by atoms with Gasteiger partial charge in [0.2, 0.25) is 5.91 Å². The second kappa shape index (κ2) is 8.59. The molecule has 26 heavy (non-hydrogen) atoms. The molecule has 1 amide bonds. The van der Waals surface area contributed by atoms with Crippen molar-refractivity contribution >= 4 is 23.5 Å². The Balaban J connectivity index is 1.51. The normalized spacial score (nSPS) is 14.0. The molecular formula is C19H20N4O2S. The maximum atomic E-state index is 12.5. The molecule has 0 spiro atoms. The summed E-state index contributed by atoms with van der Waals surface area (Å²) in [7, 11) is 1.63. The summed E-state index contributed by atoms with van der Waals surface area (Å²) in [5.41, 5.74) is 0.572. The molecule has 6 nitrogen and oxygen atoms in total. The zero-order valence-electron chi connectivity index (χ0n) is 14.6. The van der Waals surface area contributed by atoms with Crippen LogP contribution in [-0.4, -0.2) is 54.8 Å². The number of hydrogen-bond acceptors (Lipinski definition) is 6. The van der Waals surface area contributed by atoms with E-state index in [9.17, 15) is 10.1 Å². The average molecular weight is 368 g/mol. The van der Waals surface area contributed by atoms with E-state index in [0.29, 0.717) is 43.3 Å². The van der Waals surface area contributed by atoms with Crippen LogP contribution >= 0.6 is 11.8 Å². The lowest BCUT2D eigenvalue weighted by molar-refractivity contribution is -0.128. The van der Waals surface area contributed by atoms with Gasteiger partial charge in [0.15, 0.2) is 0 Å². The Bertz CT molecular complexity index is 796. The fraction of sp³-hybridized carbons (Fsp3) is 0.316. The van der Waals surface area contributed by atoms with Crippen molar-refractivity contribution in [3.05, 3.63) is 48.2 Å². The number of thioether (sulfide) groups is 1. The number of carbonyl (C=O) groups is 1. The maximum Gasteiger partial charge on any atom is 0.233 e. The van der Waals surface area contributed by atoms with E-state index in [4.69, 9.17) is 4.74 Å². The molecule has 7 heteroatoms. The predicted octanol–water partition coefficient (Wildman–Crippen LogP) is 2.40. The van der Waals surface area contributed by atoms with Crippen molar-refractivity contribution in [2.45, 2.75) is 4.90 Å². The summed E-state index contributed by atoms with van der Waals surface area (Å²) in [6.45, 7) is 2.65. The minimum Gasteiger partial charge on any atom is -0.497 e. The lowest BCUT2D eigenvalue weighted by atomic mass is 10.2. The lowest BCUT2D eigenvalue weighted by Gasteiger charge is -2.35. The molecule has 0 radical (unpaired) electrons. The van der Waals surface area contributed by atoms with E-state index in [1.54, 1.807) is 25.4 Å². The Kier molecular flexibility index (Phi) is 5.97. The van der Waals surface area contributed by atoms with Gasteiger partial charge in [0.05, 0.1) is 18.4 Å². The van der Waals surface area contributed by atoms with Crippen LogP contribution in [0.4, 0.5) is 5.82 Å². The van der Waals surface area contributed by atoms with E-state index in [0.717, 1.165) is 10.6 Å². The highest BCUT2D eigenvalue weighted by molar-refractivity contribution is 8.00. The molecule has 0 bridgehead atoms. The number of rotatable bonds is 5. The smallest absolute Gasteiger partial charge is 0.233 e. The second-order valence-corrected chi connectivity index (χ2v) is 6.87. The van der Waals surface area contributed by atoms with Gasteiger partial charge in [-0.15, -0.1) is 11.8 Å². The number of piperazine rings is 1. The van der Waals surface area contributed by atoms with Crippen molar-refractivity contribution < 1.29 is 9.53 Å². The number of pyridine rings is 1. The van der Waals surface area contributed by atoms with Crippen molar-refractivity contribution in [2.75, 3.05) is 43.9 Å². The molecule has 0 aliphatic carbocycles. The molecule has 134 valence electrons. The summed E-state index contributed by atoms with van der Waals surface area (Å²) < 4.78 is 5.14. The van der Waals surface area contributed by atoms with Crippen LogP contribution in [0.1, 0.15) is 5.56 Å². The van der Waals surface area contributed by atoms with Crippen molar-refractivity contribution in [3.8, 4) is 11.8 Å². The van der Waals surface area contributed by atoms with Crippen molar-refractivity contribution in [1.82, 2.24) is 9.88 Å². The van der Waals surface area contributed by atoms with Crippen LogP contribution in [0, 0.1) is 11.3 Å². The summed E-state index contributed by atoms with van der Waals surface area (Å²) in [5.74, 6) is 2.06. The maximum absolute atomic E-state index is 12.5. The van der Waals surface area contributed by atoms with Gasteiger partial charge in [-0.25, -0.2) is 4.98 Å². The molecule has 0 unspecified atom stereocenters. The number of nitriles is 1. The molecule has 2 aromatic rings. The fourth-order valence-corrected chi connectivity index (χ4v) is 3.61. The van der Waals surface area contributed by atoms with Gasteiger partial charge in [0.1, 0.15) is 17.6 Å². The largest absolute Gasteiger partial charge is 0.497 e. The first-order valence-corrected chi connectivity index (χ1v) is 9.34. The third-order valence-electron chi connectivity index (χ3n) is 4.26. The van der Waals surface area contributed by atoms with Gasteiger partial charge < -0.3 is 14.5 Å². The monoisotopic (exact) mass is 368 g/mol. The van der Waals surface area contributed by atoms with Gasteiger partial charge in [-0.3, -0.25) is 4.79 Å². The van der Waals surface area contributed by atoms with Gasteiger partial charge in [-0.2, -0.15) is 5.26 Å². The van der Waals surface area contributed by atoms with Gasteiger partial charge in [0.25, 0.3) is 0 Å². The number of carbonyl (C=O) groups excluding carboxylic acids is 1. The fourth-order valence-electron chi connectivity index (χ4n) is 2.81. The highest BCUT2D eigenvalue weighted by atomic mass is 32.2. The molecule has 1 aliphatic heterocycles. The first kappa shape index (κ1) is 18.1. The Morgan fingerprint density at radius 1 is 1.23 bits per heavy atom. The molecular weight excluding hydrogens is 348 g/mol. The SMILES string of the molecule is COc1ccc(SCC(=O)N2CCN(c3ncccc3C#N)CC2)cc1. The van der Waals surface area contributed by atoms with Gasteiger partial charge in [-0.05, 0) is 36.4 Å². The Labute approximate surface area is 157 Å². The third-order valence-corrected chi connectivity index (χ3v) is 5.26. The van der Waals surface area contributed by atoms with E-state index < -0.39 is 0 Å². The number of aromatic nitrogens is 1. The minimum atomic E-state index is 0.131. The molecule has 1 aliphatic rings. The standard InChI is InChI=1S/C19H20N4O2S/c1-25-16-4-6-17(7-5-16)26-14-18(24)22-9-11-23(12-10-22)19-15(13-20)3-2-8-21-19/h2-8H,9-12,14H2,1H3. The number of ether oxygens (including phenoxy) is 1. The first-order chi connectivity index (χ1) is 12.7. The van der Waals surface area contributed by atoms with Gasteiger partial charge in [0, 0.05) is 37.3 Å². The van der Waals surface area contributed by atoms with E-state index in [-0.39, 0.29) is 5.91 Å². The van der Waals surface area contributed by atoms with Crippen LogP contribution in [0.25, 0.3) is 0 Å². The highest BCUT2D eigenvalue weighted by Crippen LogP contribution is 2.22. The molecule has 3 rings (SSSR count). The summed E-state index contributed by atoms with van der Waals surface area (Å²) in [6, 6.07) is 13.4. The van der Waals surface area contributed by atoms with Crippen LogP contribution in [0.15, 0.2) is 47.5 Å². The Morgan fingerprint density at radius 2 is 1.96 bits per heavy atom. The molecule has 0 atom stereocenters. The van der Waals surface area contributed by atoms with E-state index in [1.165, 1.54) is 11.8 Å². The summed E-state index contributed by atoms with van der Waals surface area (Å²) >= 11 is 1.53. The van der Waals surface area contributed by atoms with Crippen LogP contribution in [0.2, 0.25) is 0 Å². The van der Waals surface area contributed by atoms with Gasteiger partial charge >= 0.3 is 0 Å². The summed E-state index contributed by atoms with van der Waals surface area (Å²) in [5, 5.41) is 9.21. The molecule has 2 heterocycles. The van der Waals surface area contributed by atoms with E-state index in [1.807, 2.05) is 29.2 Å². The van der Waals surface area contributed by atoms with Crippen molar-refractivity contribution in [2.24, 2.45) is 0 Å². The third kappa shape index (κ3) is 4.27.